The van der Waals surface area contributed by atoms with Gasteiger partial charge in [0.1, 0.15) is 16.5 Å². The molecule has 0 saturated heterocycles. The summed E-state index contributed by atoms with van der Waals surface area (Å²) >= 11 is 0. The molecule has 0 amide bonds. The smallest absolute Gasteiger partial charge is 0.361 e. The van der Waals surface area contributed by atoms with E-state index < -0.39 is 0 Å². The minimum Gasteiger partial charge on any atom is -0.870 e. The Kier molecular flexibility index (Phi) is 3.42. The molecule has 6 nitrogen and oxygen atoms in total. The number of hydrogen-bond acceptors (Lipinski definition) is 4. The van der Waals surface area contributed by atoms with Crippen molar-refractivity contribution in [2.75, 3.05) is 0 Å². The molecule has 2 heterocycles. The maximum atomic E-state index is 13.4. The van der Waals surface area contributed by atoms with E-state index in [4.69, 9.17) is 0 Å². The highest BCUT2D eigenvalue weighted by molar-refractivity contribution is 5.74. The lowest BCUT2D eigenvalue weighted by atomic mass is 10.2. The molecule has 2 N–H and O–H groups in total. The second-order valence-corrected chi connectivity index (χ2v) is 5.05. The predicted octanol–water partition coefficient (Wildman–Crippen LogP) is 2.14. The Morgan fingerprint density at radius 3 is 2.70 bits per heavy atom. The molecule has 0 unspecified atom stereocenters. The number of rotatable bonds is 1. The minimum absolute atomic E-state index is 0. The van der Waals surface area contributed by atoms with E-state index in [1.165, 1.54) is 16.8 Å². The van der Waals surface area contributed by atoms with Gasteiger partial charge in [-0.25, -0.2) is 9.37 Å². The van der Waals surface area contributed by atoms with Crippen LogP contribution in [-0.4, -0.2) is 25.5 Å². The number of aryl methyl sites for hydroxylation is 1. The van der Waals surface area contributed by atoms with Gasteiger partial charge < -0.3 is 10.6 Å². The Hall–Kier alpha value is -3.06. The lowest BCUT2D eigenvalue weighted by Gasteiger charge is -1.96. The molecule has 23 heavy (non-hydrogen) atoms. The van der Waals surface area contributed by atoms with Crippen molar-refractivity contribution in [1.82, 2.24) is 14.9 Å². The molecule has 7 heteroatoms. The molecule has 0 fully saturated rings. The third-order valence-electron chi connectivity index (χ3n) is 3.60. The summed E-state index contributed by atoms with van der Waals surface area (Å²) in [5, 5.41) is 14.9. The average molecular weight is 312 g/mol. The first-order valence-electron chi connectivity index (χ1n) is 6.80. The van der Waals surface area contributed by atoms with Gasteiger partial charge in [-0.05, 0) is 31.2 Å². The average Bonchev–Trinajstić information content (AvgIpc) is 2.86. The molecule has 0 atom stereocenters. The zero-order valence-electron chi connectivity index (χ0n) is 12.2. The van der Waals surface area contributed by atoms with Gasteiger partial charge in [-0.15, -0.1) is 0 Å². The fraction of sp³-hybridized carbons (Fsp3) is 0.0625. The Morgan fingerprint density at radius 1 is 1.13 bits per heavy atom. The highest BCUT2D eigenvalue weighted by atomic mass is 19.1. The summed E-state index contributed by atoms with van der Waals surface area (Å²) < 4.78 is 16.4. The van der Waals surface area contributed by atoms with E-state index in [0.29, 0.717) is 16.9 Å². The summed E-state index contributed by atoms with van der Waals surface area (Å²) in [5.41, 5.74) is 3.15. The van der Waals surface area contributed by atoms with E-state index in [2.05, 4.69) is 10.2 Å². The van der Waals surface area contributed by atoms with Crippen LogP contribution in [0.3, 0.4) is 0 Å². The van der Waals surface area contributed by atoms with Crippen molar-refractivity contribution in [2.24, 2.45) is 0 Å². The van der Waals surface area contributed by atoms with Crippen molar-refractivity contribution in [2.45, 2.75) is 6.92 Å². The van der Waals surface area contributed by atoms with Gasteiger partial charge in [-0.1, -0.05) is 27.4 Å². The molecular weight excluding hydrogens is 299 g/mol. The van der Waals surface area contributed by atoms with Crippen molar-refractivity contribution in [3.05, 3.63) is 60.0 Å². The Morgan fingerprint density at radius 2 is 1.91 bits per heavy atom. The second-order valence-electron chi connectivity index (χ2n) is 5.05. The fourth-order valence-electron chi connectivity index (χ4n) is 2.61. The topological polar surface area (TPSA) is 85.0 Å². The fourth-order valence-corrected chi connectivity index (χ4v) is 2.61. The third-order valence-corrected chi connectivity index (χ3v) is 3.60. The molecule has 2 aromatic carbocycles. The van der Waals surface area contributed by atoms with E-state index in [0.717, 1.165) is 11.0 Å². The van der Waals surface area contributed by atoms with Crippen LogP contribution in [0.5, 0.6) is 5.88 Å². The maximum Gasteiger partial charge on any atom is 0.361 e. The number of aromatic hydroxyl groups is 1. The summed E-state index contributed by atoms with van der Waals surface area (Å²) in [6, 6.07) is 13.4. The zero-order chi connectivity index (χ0) is 15.3. The molecule has 0 saturated carbocycles. The van der Waals surface area contributed by atoms with Crippen LogP contribution < -0.4 is 4.52 Å². The molecular formula is C16H13FN4O2. The largest absolute Gasteiger partial charge is 0.870 e. The van der Waals surface area contributed by atoms with Crippen molar-refractivity contribution in [3.8, 4) is 11.6 Å². The zero-order valence-corrected chi connectivity index (χ0v) is 12.2. The highest BCUT2D eigenvalue weighted by Gasteiger charge is 2.26. The lowest BCUT2D eigenvalue weighted by Crippen LogP contribution is -2.27. The molecule has 0 bridgehead atoms. The van der Waals surface area contributed by atoms with Crippen LogP contribution in [-0.2, 0) is 0 Å². The van der Waals surface area contributed by atoms with Crippen LogP contribution in [0.25, 0.3) is 22.2 Å². The molecule has 0 aliphatic rings. The molecule has 2 aromatic heterocycles. The maximum absolute atomic E-state index is 13.4. The minimum atomic E-state index is -0.388. The highest BCUT2D eigenvalue weighted by Crippen LogP contribution is 2.23. The van der Waals surface area contributed by atoms with Crippen LogP contribution in [0.15, 0.2) is 48.5 Å². The van der Waals surface area contributed by atoms with Gasteiger partial charge in [-0.3, -0.25) is 0 Å². The van der Waals surface area contributed by atoms with Gasteiger partial charge in [0.05, 0.1) is 5.69 Å². The van der Waals surface area contributed by atoms with Crippen LogP contribution in [0.4, 0.5) is 4.39 Å². The number of nitrogens with zero attached hydrogens (tertiary/aromatic N) is 4. The summed E-state index contributed by atoms with van der Waals surface area (Å²) in [6.45, 7) is 1.80. The number of benzene rings is 2. The van der Waals surface area contributed by atoms with Gasteiger partial charge in [-0.2, -0.15) is 0 Å². The van der Waals surface area contributed by atoms with Gasteiger partial charge in [0.15, 0.2) is 11.2 Å². The first-order chi connectivity index (χ1) is 10.6. The van der Waals surface area contributed by atoms with Crippen molar-refractivity contribution < 1.29 is 19.5 Å². The lowest BCUT2D eigenvalue weighted by molar-refractivity contribution is -0.556. The quantitative estimate of drug-likeness (QED) is 0.546. The van der Waals surface area contributed by atoms with E-state index in [1.54, 1.807) is 23.6 Å². The first kappa shape index (κ1) is 14.9. The van der Waals surface area contributed by atoms with Gasteiger partial charge >= 0.3 is 5.88 Å². The summed E-state index contributed by atoms with van der Waals surface area (Å²) in [5.74, 6) is -0.456. The van der Waals surface area contributed by atoms with Gasteiger partial charge in [0, 0.05) is 6.07 Å². The monoisotopic (exact) mass is 312 g/mol. The number of hydrogen-bond donors (Lipinski definition) is 1. The molecule has 0 aliphatic carbocycles. The van der Waals surface area contributed by atoms with Crippen LogP contribution in [0.2, 0.25) is 0 Å². The van der Waals surface area contributed by atoms with Gasteiger partial charge in [0.25, 0.3) is 5.52 Å². The van der Waals surface area contributed by atoms with Crippen molar-refractivity contribution in [3.63, 3.8) is 0 Å². The van der Waals surface area contributed by atoms with Crippen LogP contribution in [0.1, 0.15) is 5.69 Å². The summed E-state index contributed by atoms with van der Waals surface area (Å²) in [6.07, 6.45) is 0. The standard InChI is InChI=1S/C16H11FN4O.H2O/c1-10-15-16(22)20(12-6-4-5-11(17)9-12)19-21(15)14-8-3-2-7-13(14)18-10;/h2-9H,1H3;1H2. The van der Waals surface area contributed by atoms with E-state index >= 15 is 0 Å². The van der Waals surface area contributed by atoms with Crippen molar-refractivity contribution >= 4 is 16.6 Å². The molecule has 116 valence electrons. The molecule has 4 rings (SSSR count). The Bertz CT molecular complexity index is 1030. The number of halogens is 1. The molecule has 4 aromatic rings. The summed E-state index contributed by atoms with van der Waals surface area (Å²) in [4.78, 5) is 4.48. The first-order valence-corrected chi connectivity index (χ1v) is 6.80. The van der Waals surface area contributed by atoms with Crippen molar-refractivity contribution in [1.29, 1.82) is 0 Å². The SMILES string of the molecule is Cc1nc2ccccc2[n+]2nn(-c3cccc(F)c3)c(O)c12.[OH-]. The van der Waals surface area contributed by atoms with Gasteiger partial charge in [0.2, 0.25) is 0 Å². The summed E-state index contributed by atoms with van der Waals surface area (Å²) in [7, 11) is 0. The Balaban J connectivity index is 0.00000156. The van der Waals surface area contributed by atoms with E-state index in [9.17, 15) is 9.50 Å². The molecule has 0 radical (unpaired) electrons. The van der Waals surface area contributed by atoms with Crippen LogP contribution in [0, 0.1) is 12.7 Å². The molecule has 0 spiro atoms. The normalized spacial score (nSPS) is 10.9. The number of para-hydroxylation sites is 2. The second kappa shape index (κ2) is 5.29. The van der Waals surface area contributed by atoms with Crippen LogP contribution >= 0.6 is 0 Å². The van der Waals surface area contributed by atoms with E-state index in [1.807, 2.05) is 24.3 Å². The third kappa shape index (κ3) is 2.18. The number of fused-ring (bicyclic) bond motifs is 3. The Labute approximate surface area is 130 Å². The van der Waals surface area contributed by atoms with E-state index in [-0.39, 0.29) is 17.2 Å². The molecule has 0 aliphatic heterocycles. The predicted molar refractivity (Wildman–Crippen MR) is 80.3 cm³/mol. The number of aromatic nitrogens is 4.